The molecule has 0 aromatic rings. The van der Waals surface area contributed by atoms with Crippen LogP contribution in [0.4, 0.5) is 0 Å². The van der Waals surface area contributed by atoms with Crippen LogP contribution in [0.25, 0.3) is 0 Å². The summed E-state index contributed by atoms with van der Waals surface area (Å²) in [6, 6.07) is 0. The van der Waals surface area contributed by atoms with Crippen LogP contribution in [-0.2, 0) is 0 Å². The smallest absolute Gasteiger partial charge is 0.0270 e. The zero-order valence-electron chi connectivity index (χ0n) is 12.3. The van der Waals surface area contributed by atoms with Crippen LogP contribution in [0.5, 0.6) is 0 Å². The molecular formula is C15H32. The van der Waals surface area contributed by atoms with Gasteiger partial charge in [0.25, 0.3) is 0 Å². The summed E-state index contributed by atoms with van der Waals surface area (Å²) < 4.78 is 0. The summed E-state index contributed by atoms with van der Waals surface area (Å²) in [6.45, 7) is 19.1. The third-order valence-corrected chi connectivity index (χ3v) is 4.97. The van der Waals surface area contributed by atoms with Gasteiger partial charge in [0.1, 0.15) is 0 Å². The van der Waals surface area contributed by atoms with Gasteiger partial charge in [-0.15, -0.1) is 0 Å². The fourth-order valence-corrected chi connectivity index (χ4v) is 3.16. The Morgan fingerprint density at radius 2 is 1.27 bits per heavy atom. The SMILES string of the molecule is CCC(CC)C(C)(CC)C(C)C(C)(C)C. The average molecular weight is 212 g/mol. The quantitative estimate of drug-likeness (QED) is 0.563. The van der Waals surface area contributed by atoms with E-state index in [0.29, 0.717) is 10.8 Å². The highest BCUT2D eigenvalue weighted by atomic mass is 14.5. The van der Waals surface area contributed by atoms with E-state index in [1.54, 1.807) is 0 Å². The van der Waals surface area contributed by atoms with Crippen molar-refractivity contribution in [2.75, 3.05) is 0 Å². The minimum Gasteiger partial charge on any atom is -0.0651 e. The highest BCUT2D eigenvalue weighted by Gasteiger charge is 2.40. The zero-order valence-corrected chi connectivity index (χ0v) is 12.3. The zero-order chi connectivity index (χ0) is 12.3. The van der Waals surface area contributed by atoms with Crippen molar-refractivity contribution in [1.82, 2.24) is 0 Å². The Hall–Kier alpha value is 0. The van der Waals surface area contributed by atoms with Crippen molar-refractivity contribution in [2.45, 2.75) is 74.7 Å². The van der Waals surface area contributed by atoms with Gasteiger partial charge in [-0.3, -0.25) is 0 Å². The van der Waals surface area contributed by atoms with Crippen LogP contribution >= 0.6 is 0 Å². The van der Waals surface area contributed by atoms with E-state index in [9.17, 15) is 0 Å². The lowest BCUT2D eigenvalue weighted by molar-refractivity contribution is 0.0198. The highest BCUT2D eigenvalue weighted by molar-refractivity contribution is 4.90. The Balaban J connectivity index is 4.98. The summed E-state index contributed by atoms with van der Waals surface area (Å²) in [5.74, 6) is 1.65. The molecule has 0 spiro atoms. The molecule has 0 aliphatic rings. The maximum atomic E-state index is 2.50. The number of hydrogen-bond donors (Lipinski definition) is 0. The van der Waals surface area contributed by atoms with Crippen molar-refractivity contribution >= 4 is 0 Å². The molecule has 0 aromatic heterocycles. The van der Waals surface area contributed by atoms with Gasteiger partial charge in [0, 0.05) is 0 Å². The van der Waals surface area contributed by atoms with E-state index in [2.05, 4.69) is 55.4 Å². The Bertz CT molecular complexity index is 171. The van der Waals surface area contributed by atoms with Gasteiger partial charge in [0.15, 0.2) is 0 Å². The topological polar surface area (TPSA) is 0 Å². The van der Waals surface area contributed by atoms with Crippen molar-refractivity contribution in [3.63, 3.8) is 0 Å². The maximum Gasteiger partial charge on any atom is -0.0270 e. The van der Waals surface area contributed by atoms with Gasteiger partial charge in [0.2, 0.25) is 0 Å². The molecular weight excluding hydrogens is 180 g/mol. The van der Waals surface area contributed by atoms with Crippen LogP contribution < -0.4 is 0 Å². The van der Waals surface area contributed by atoms with E-state index in [0.717, 1.165) is 11.8 Å². The lowest BCUT2D eigenvalue weighted by atomic mass is 9.58. The molecule has 2 unspecified atom stereocenters. The molecule has 92 valence electrons. The van der Waals surface area contributed by atoms with E-state index in [4.69, 9.17) is 0 Å². The molecule has 0 N–H and O–H groups in total. The van der Waals surface area contributed by atoms with Crippen LogP contribution in [0.2, 0.25) is 0 Å². The minimum absolute atomic E-state index is 0.424. The van der Waals surface area contributed by atoms with Gasteiger partial charge >= 0.3 is 0 Å². The lowest BCUT2D eigenvalue weighted by Crippen LogP contribution is -2.39. The van der Waals surface area contributed by atoms with Crippen molar-refractivity contribution in [3.8, 4) is 0 Å². The summed E-state index contributed by atoms with van der Waals surface area (Å²) in [7, 11) is 0. The minimum atomic E-state index is 0.424. The first kappa shape index (κ1) is 15.0. The van der Waals surface area contributed by atoms with E-state index in [1.165, 1.54) is 19.3 Å². The molecule has 0 saturated heterocycles. The van der Waals surface area contributed by atoms with E-state index < -0.39 is 0 Å². The second-order valence-electron chi connectivity index (χ2n) is 6.46. The normalized spacial score (nSPS) is 19.0. The van der Waals surface area contributed by atoms with Crippen molar-refractivity contribution in [2.24, 2.45) is 22.7 Å². The van der Waals surface area contributed by atoms with Gasteiger partial charge in [-0.2, -0.15) is 0 Å². The molecule has 0 bridgehead atoms. The van der Waals surface area contributed by atoms with Crippen LogP contribution in [-0.4, -0.2) is 0 Å². The summed E-state index contributed by atoms with van der Waals surface area (Å²) in [5.41, 5.74) is 0.926. The van der Waals surface area contributed by atoms with E-state index in [1.807, 2.05) is 0 Å². The summed E-state index contributed by atoms with van der Waals surface area (Å²) in [4.78, 5) is 0. The average Bonchev–Trinajstić information content (AvgIpc) is 2.16. The molecule has 0 saturated carbocycles. The molecule has 0 nitrogen and oxygen atoms in total. The van der Waals surface area contributed by atoms with Crippen LogP contribution in [0.3, 0.4) is 0 Å². The predicted octanol–water partition coefficient (Wildman–Crippen LogP) is 5.52. The molecule has 0 rings (SSSR count). The Kier molecular flexibility index (Phi) is 5.37. The van der Waals surface area contributed by atoms with Crippen molar-refractivity contribution < 1.29 is 0 Å². The van der Waals surface area contributed by atoms with E-state index >= 15 is 0 Å². The molecule has 0 heterocycles. The molecule has 0 radical (unpaired) electrons. The molecule has 0 aliphatic heterocycles. The molecule has 0 aromatic carbocycles. The van der Waals surface area contributed by atoms with Gasteiger partial charge < -0.3 is 0 Å². The van der Waals surface area contributed by atoms with Gasteiger partial charge in [0.05, 0.1) is 0 Å². The predicted molar refractivity (Wildman–Crippen MR) is 71.1 cm³/mol. The summed E-state index contributed by atoms with van der Waals surface area (Å²) >= 11 is 0. The van der Waals surface area contributed by atoms with Crippen LogP contribution in [0.1, 0.15) is 74.7 Å². The van der Waals surface area contributed by atoms with E-state index in [-0.39, 0.29) is 0 Å². The first-order chi connectivity index (χ1) is 6.73. The summed E-state index contributed by atoms with van der Waals surface area (Å²) in [5, 5.41) is 0. The first-order valence-electron chi connectivity index (χ1n) is 6.73. The molecule has 0 aliphatic carbocycles. The number of hydrogen-bond acceptors (Lipinski definition) is 0. The second kappa shape index (κ2) is 5.37. The number of rotatable bonds is 5. The molecule has 0 heteroatoms. The van der Waals surface area contributed by atoms with Crippen LogP contribution in [0.15, 0.2) is 0 Å². The third-order valence-electron chi connectivity index (χ3n) is 4.97. The monoisotopic (exact) mass is 212 g/mol. The van der Waals surface area contributed by atoms with Gasteiger partial charge in [-0.25, -0.2) is 0 Å². The fraction of sp³-hybridized carbons (Fsp3) is 1.00. The second-order valence-corrected chi connectivity index (χ2v) is 6.46. The van der Waals surface area contributed by atoms with Crippen molar-refractivity contribution in [1.29, 1.82) is 0 Å². The third kappa shape index (κ3) is 3.23. The largest absolute Gasteiger partial charge is 0.0651 e. The standard InChI is InChI=1S/C15H32/c1-9-13(10-2)15(8,11-3)12(4)14(5,6)7/h12-13H,9-11H2,1-8H3. The van der Waals surface area contributed by atoms with Gasteiger partial charge in [-0.05, 0) is 22.7 Å². The lowest BCUT2D eigenvalue weighted by Gasteiger charge is -2.47. The maximum absolute atomic E-state index is 2.50. The van der Waals surface area contributed by atoms with Crippen LogP contribution in [0, 0.1) is 22.7 Å². The summed E-state index contributed by atoms with van der Waals surface area (Å²) in [6.07, 6.45) is 3.94. The molecule has 0 amide bonds. The molecule has 2 atom stereocenters. The van der Waals surface area contributed by atoms with Crippen molar-refractivity contribution in [3.05, 3.63) is 0 Å². The molecule has 0 fully saturated rings. The Morgan fingerprint density at radius 1 is 0.867 bits per heavy atom. The molecule has 15 heavy (non-hydrogen) atoms. The highest BCUT2D eigenvalue weighted by Crippen LogP contribution is 2.49. The fourth-order valence-electron chi connectivity index (χ4n) is 3.16. The Morgan fingerprint density at radius 3 is 1.47 bits per heavy atom. The Labute approximate surface area is 97.8 Å². The van der Waals surface area contributed by atoms with Gasteiger partial charge in [-0.1, -0.05) is 74.7 Å². The first-order valence-corrected chi connectivity index (χ1v) is 6.73.